The second-order valence-electron chi connectivity index (χ2n) is 2.51. The first-order valence-electron chi connectivity index (χ1n) is 3.74. The Bertz CT molecular complexity index is 215. The van der Waals surface area contributed by atoms with E-state index in [1.807, 2.05) is 6.20 Å². The largest absolute Gasteiger partial charge is 0.345 e. The molecule has 1 N–H and O–H groups in total. The molecule has 68 valence electrons. The summed E-state index contributed by atoms with van der Waals surface area (Å²) in [6, 6.07) is 0. The van der Waals surface area contributed by atoms with Crippen LogP contribution >= 0.6 is 18.7 Å². The van der Waals surface area contributed by atoms with E-state index in [0.29, 0.717) is 5.25 Å². The SMILES string of the molecule is COP(SC(C)C)c1ncc[nH]1. The second-order valence-corrected chi connectivity index (χ2v) is 6.59. The lowest BCUT2D eigenvalue weighted by atomic mass is 10.6. The highest BCUT2D eigenvalue weighted by atomic mass is 32.7. The maximum atomic E-state index is 5.34. The summed E-state index contributed by atoms with van der Waals surface area (Å²) in [5, 5.41) is 0.571. The van der Waals surface area contributed by atoms with Gasteiger partial charge in [-0.05, 0) is 0 Å². The van der Waals surface area contributed by atoms with Gasteiger partial charge in [0.15, 0.2) is 12.9 Å². The predicted octanol–water partition coefficient (Wildman–Crippen LogP) is 2.13. The van der Waals surface area contributed by atoms with Crippen LogP contribution in [0.3, 0.4) is 0 Å². The van der Waals surface area contributed by atoms with Gasteiger partial charge in [0.2, 0.25) is 0 Å². The molecule has 1 heterocycles. The first-order valence-corrected chi connectivity index (χ1v) is 6.49. The third kappa shape index (κ3) is 2.77. The number of H-pyrrole nitrogens is 1. The van der Waals surface area contributed by atoms with Gasteiger partial charge in [-0.1, -0.05) is 25.2 Å². The quantitative estimate of drug-likeness (QED) is 0.763. The molecule has 1 unspecified atom stereocenters. The third-order valence-electron chi connectivity index (χ3n) is 1.13. The highest BCUT2D eigenvalue weighted by Gasteiger charge is 2.15. The van der Waals surface area contributed by atoms with E-state index in [9.17, 15) is 0 Å². The Hall–Kier alpha value is -0.0500. The van der Waals surface area contributed by atoms with Gasteiger partial charge in [-0.15, -0.1) is 0 Å². The Labute approximate surface area is 77.9 Å². The fourth-order valence-electron chi connectivity index (χ4n) is 0.728. The number of rotatable bonds is 4. The molecule has 0 aliphatic rings. The van der Waals surface area contributed by atoms with Gasteiger partial charge in [0.05, 0.1) is 0 Å². The number of nitrogens with zero attached hydrogens (tertiary/aromatic N) is 1. The van der Waals surface area contributed by atoms with E-state index < -0.39 is 7.35 Å². The second kappa shape index (κ2) is 4.85. The number of hydrogen-bond acceptors (Lipinski definition) is 3. The molecule has 12 heavy (non-hydrogen) atoms. The first kappa shape index (κ1) is 10.0. The normalized spacial score (nSPS) is 13.7. The minimum Gasteiger partial charge on any atom is -0.345 e. The van der Waals surface area contributed by atoms with Crippen LogP contribution in [0.2, 0.25) is 0 Å². The number of aromatic nitrogens is 2. The molecule has 0 aliphatic heterocycles. The first-order chi connectivity index (χ1) is 5.74. The number of hydrogen-bond donors (Lipinski definition) is 1. The van der Waals surface area contributed by atoms with Gasteiger partial charge >= 0.3 is 0 Å². The molecule has 0 spiro atoms. The van der Waals surface area contributed by atoms with Crippen LogP contribution in [0.4, 0.5) is 0 Å². The number of nitrogens with one attached hydrogen (secondary N) is 1. The average Bonchev–Trinajstić information content (AvgIpc) is 2.51. The molecule has 1 aromatic rings. The molecule has 0 fully saturated rings. The molecule has 0 saturated heterocycles. The molecule has 0 amide bonds. The highest BCUT2D eigenvalue weighted by Crippen LogP contribution is 2.50. The van der Waals surface area contributed by atoms with Crippen molar-refractivity contribution in [3.8, 4) is 0 Å². The van der Waals surface area contributed by atoms with Crippen molar-refractivity contribution in [2.24, 2.45) is 0 Å². The number of aromatic amines is 1. The molecular formula is C7H13N2OPS. The molecular weight excluding hydrogens is 191 g/mol. The van der Waals surface area contributed by atoms with E-state index in [0.717, 1.165) is 5.57 Å². The van der Waals surface area contributed by atoms with Crippen LogP contribution in [0.25, 0.3) is 0 Å². The lowest BCUT2D eigenvalue weighted by Gasteiger charge is -2.13. The van der Waals surface area contributed by atoms with Gasteiger partial charge in [-0.3, -0.25) is 0 Å². The van der Waals surface area contributed by atoms with Crippen LogP contribution in [-0.4, -0.2) is 22.3 Å². The smallest absolute Gasteiger partial charge is 0.167 e. The fourth-order valence-corrected chi connectivity index (χ4v) is 3.82. The van der Waals surface area contributed by atoms with Gasteiger partial charge in [0, 0.05) is 24.8 Å². The van der Waals surface area contributed by atoms with Crippen molar-refractivity contribution < 1.29 is 4.52 Å². The predicted molar refractivity (Wildman–Crippen MR) is 54.9 cm³/mol. The molecule has 5 heteroatoms. The van der Waals surface area contributed by atoms with Gasteiger partial charge in [0.25, 0.3) is 0 Å². The standard InChI is InChI=1S/C7H13N2OPS/c1-6(2)12-11(10-3)7-8-4-5-9-7/h4-6H,1-3H3,(H,8,9). The molecule has 1 atom stereocenters. The summed E-state index contributed by atoms with van der Waals surface area (Å²) in [5.74, 6) is 0. The molecule has 0 aliphatic carbocycles. The van der Waals surface area contributed by atoms with Crippen molar-refractivity contribution in [3.05, 3.63) is 12.4 Å². The van der Waals surface area contributed by atoms with Crippen molar-refractivity contribution >= 4 is 24.3 Å². The van der Waals surface area contributed by atoms with E-state index in [-0.39, 0.29) is 0 Å². The average molecular weight is 204 g/mol. The molecule has 0 saturated carbocycles. The Morgan fingerprint density at radius 2 is 2.42 bits per heavy atom. The maximum absolute atomic E-state index is 5.34. The van der Waals surface area contributed by atoms with Crippen LogP contribution in [0.15, 0.2) is 12.4 Å². The van der Waals surface area contributed by atoms with Crippen molar-refractivity contribution in [2.75, 3.05) is 7.11 Å². The zero-order valence-electron chi connectivity index (χ0n) is 7.44. The molecule has 3 nitrogen and oxygen atoms in total. The Morgan fingerprint density at radius 3 is 2.83 bits per heavy atom. The summed E-state index contributed by atoms with van der Waals surface area (Å²) in [5.41, 5.74) is 0.950. The van der Waals surface area contributed by atoms with Crippen molar-refractivity contribution in [1.29, 1.82) is 0 Å². The summed E-state index contributed by atoms with van der Waals surface area (Å²) in [6.45, 7) is 4.31. The zero-order chi connectivity index (χ0) is 8.97. The summed E-state index contributed by atoms with van der Waals surface area (Å²) in [4.78, 5) is 7.23. The Kier molecular flexibility index (Phi) is 4.06. The van der Waals surface area contributed by atoms with Crippen LogP contribution in [-0.2, 0) is 4.52 Å². The van der Waals surface area contributed by atoms with Crippen LogP contribution in [0.5, 0.6) is 0 Å². The summed E-state index contributed by atoms with van der Waals surface area (Å²) < 4.78 is 5.34. The molecule has 0 radical (unpaired) electrons. The Morgan fingerprint density at radius 1 is 1.67 bits per heavy atom. The minimum atomic E-state index is -0.606. The third-order valence-corrected chi connectivity index (χ3v) is 5.47. The number of imidazole rings is 1. The zero-order valence-corrected chi connectivity index (χ0v) is 9.15. The van der Waals surface area contributed by atoms with Crippen molar-refractivity contribution in [1.82, 2.24) is 9.97 Å². The molecule has 0 aromatic carbocycles. The highest BCUT2D eigenvalue weighted by molar-refractivity contribution is 8.56. The van der Waals surface area contributed by atoms with E-state index in [2.05, 4.69) is 23.8 Å². The van der Waals surface area contributed by atoms with E-state index in [1.54, 1.807) is 24.7 Å². The fraction of sp³-hybridized carbons (Fsp3) is 0.571. The van der Waals surface area contributed by atoms with E-state index >= 15 is 0 Å². The summed E-state index contributed by atoms with van der Waals surface area (Å²) in [7, 11) is 1.12. The minimum absolute atomic E-state index is 0.571. The van der Waals surface area contributed by atoms with Gasteiger partial charge in [-0.25, -0.2) is 4.98 Å². The lowest BCUT2D eigenvalue weighted by Crippen LogP contribution is -2.05. The topological polar surface area (TPSA) is 37.9 Å². The van der Waals surface area contributed by atoms with Gasteiger partial charge in [0.1, 0.15) is 0 Å². The monoisotopic (exact) mass is 204 g/mol. The van der Waals surface area contributed by atoms with Gasteiger partial charge < -0.3 is 9.51 Å². The summed E-state index contributed by atoms with van der Waals surface area (Å²) in [6.07, 6.45) is 3.58. The molecule has 0 bridgehead atoms. The molecule has 1 aromatic heterocycles. The van der Waals surface area contributed by atoms with Crippen LogP contribution in [0, 0.1) is 0 Å². The maximum Gasteiger partial charge on any atom is 0.167 e. The van der Waals surface area contributed by atoms with Crippen molar-refractivity contribution in [3.63, 3.8) is 0 Å². The van der Waals surface area contributed by atoms with Crippen LogP contribution in [0.1, 0.15) is 13.8 Å². The molecule has 1 rings (SSSR count). The van der Waals surface area contributed by atoms with Gasteiger partial charge in [-0.2, -0.15) is 0 Å². The van der Waals surface area contributed by atoms with Crippen molar-refractivity contribution in [2.45, 2.75) is 19.1 Å². The Balaban J connectivity index is 2.57. The van der Waals surface area contributed by atoms with E-state index in [4.69, 9.17) is 4.52 Å². The lowest BCUT2D eigenvalue weighted by molar-refractivity contribution is 0.477. The summed E-state index contributed by atoms with van der Waals surface area (Å²) >= 11 is 1.81. The van der Waals surface area contributed by atoms with E-state index in [1.165, 1.54) is 0 Å². The van der Waals surface area contributed by atoms with Crippen LogP contribution < -0.4 is 5.57 Å².